The van der Waals surface area contributed by atoms with Crippen LogP contribution in [0, 0.1) is 17.8 Å². The lowest BCUT2D eigenvalue weighted by molar-refractivity contribution is -0.154. The van der Waals surface area contributed by atoms with Crippen LogP contribution in [0.4, 0.5) is 5.69 Å². The predicted molar refractivity (Wildman–Crippen MR) is 160 cm³/mol. The second-order valence-corrected chi connectivity index (χ2v) is 13.5. The topological polar surface area (TPSA) is 87.2 Å². The van der Waals surface area contributed by atoms with E-state index in [0.717, 1.165) is 25.7 Å². The summed E-state index contributed by atoms with van der Waals surface area (Å²) >= 11 is 7.73. The van der Waals surface area contributed by atoms with E-state index in [4.69, 9.17) is 16.3 Å². The Morgan fingerprint density at radius 1 is 1.25 bits per heavy atom. The van der Waals surface area contributed by atoms with E-state index in [-0.39, 0.29) is 42.1 Å². The molecule has 2 amide bonds. The van der Waals surface area contributed by atoms with Crippen molar-refractivity contribution in [3.8, 4) is 0 Å². The van der Waals surface area contributed by atoms with Crippen LogP contribution in [-0.2, 0) is 19.1 Å². The molecule has 1 aromatic carbocycles. The standard InChI is InChI=1S/C31H41ClN2O5S/c1-5-7-8-9-17-39-30(38)25-24-14-15-31(40-24)26(25)28(36)34(23(19-35)18-20(3)4)27(31)29(37)33(16-6-2)22-12-10-21(32)11-13-22/h5-6,10-13,20,23-27,35H,1-2,7-9,14-19H2,3-4H3/t23-,24+,25-,26+,27?,31?/m1/s1. The van der Waals surface area contributed by atoms with Crippen molar-refractivity contribution in [2.75, 3.05) is 24.7 Å². The Balaban J connectivity index is 1.71. The molecule has 2 bridgehead atoms. The molecule has 2 unspecified atom stereocenters. The number of amides is 2. The van der Waals surface area contributed by atoms with Crippen LogP contribution in [0.25, 0.3) is 0 Å². The minimum Gasteiger partial charge on any atom is -0.465 e. The first-order chi connectivity index (χ1) is 19.2. The summed E-state index contributed by atoms with van der Waals surface area (Å²) < 4.78 is 4.94. The van der Waals surface area contributed by atoms with E-state index in [1.165, 1.54) is 0 Å². The molecule has 0 radical (unpaired) electrons. The van der Waals surface area contributed by atoms with Crippen molar-refractivity contribution in [2.45, 2.75) is 74.5 Å². The van der Waals surface area contributed by atoms with E-state index < -0.39 is 28.7 Å². The molecule has 9 heteroatoms. The number of benzene rings is 1. The van der Waals surface area contributed by atoms with Gasteiger partial charge in [0.1, 0.15) is 6.04 Å². The van der Waals surface area contributed by atoms with E-state index in [0.29, 0.717) is 30.2 Å². The summed E-state index contributed by atoms with van der Waals surface area (Å²) in [6.45, 7) is 11.9. The van der Waals surface area contributed by atoms with Crippen molar-refractivity contribution < 1.29 is 24.2 Å². The summed E-state index contributed by atoms with van der Waals surface area (Å²) in [5.41, 5.74) is 0.652. The maximum Gasteiger partial charge on any atom is 0.310 e. The summed E-state index contributed by atoms with van der Waals surface area (Å²) in [6, 6.07) is 5.66. The normalized spacial score (nSPS) is 27.5. The van der Waals surface area contributed by atoms with Gasteiger partial charge in [-0.2, -0.15) is 0 Å². The van der Waals surface area contributed by atoms with E-state index in [2.05, 4.69) is 13.2 Å². The average molecular weight is 589 g/mol. The molecule has 0 saturated carbocycles. The highest BCUT2D eigenvalue weighted by atomic mass is 35.5. The lowest BCUT2D eigenvalue weighted by Crippen LogP contribution is -2.57. The molecule has 218 valence electrons. The zero-order valence-corrected chi connectivity index (χ0v) is 25.0. The number of fused-ring (bicyclic) bond motifs is 1. The van der Waals surface area contributed by atoms with Gasteiger partial charge in [0.25, 0.3) is 5.91 Å². The van der Waals surface area contributed by atoms with Gasteiger partial charge in [0, 0.05) is 22.5 Å². The molecule has 7 nitrogen and oxygen atoms in total. The first-order valence-electron chi connectivity index (χ1n) is 14.3. The molecule has 1 N–H and O–H groups in total. The Morgan fingerprint density at radius 3 is 2.60 bits per heavy atom. The fraction of sp³-hybridized carbons (Fsp3) is 0.581. The Kier molecular flexibility index (Phi) is 10.1. The molecule has 40 heavy (non-hydrogen) atoms. The van der Waals surface area contributed by atoms with Crippen LogP contribution in [0.1, 0.15) is 52.4 Å². The third-order valence-corrected chi connectivity index (χ3v) is 10.6. The van der Waals surface area contributed by atoms with Gasteiger partial charge in [-0.3, -0.25) is 14.4 Å². The van der Waals surface area contributed by atoms with Crippen molar-refractivity contribution in [3.63, 3.8) is 0 Å². The number of rotatable bonds is 14. The number of carbonyl (C=O) groups excluding carboxylic acids is 3. The summed E-state index contributed by atoms with van der Waals surface area (Å²) in [7, 11) is 0. The minimum absolute atomic E-state index is 0.0758. The molecule has 3 aliphatic heterocycles. The van der Waals surface area contributed by atoms with Crippen molar-refractivity contribution in [3.05, 3.63) is 54.6 Å². The van der Waals surface area contributed by atoms with Gasteiger partial charge in [-0.1, -0.05) is 37.6 Å². The summed E-state index contributed by atoms with van der Waals surface area (Å²) in [4.78, 5) is 45.6. The highest BCUT2D eigenvalue weighted by Crippen LogP contribution is 2.67. The first-order valence-corrected chi connectivity index (χ1v) is 15.5. The number of hydrogen-bond acceptors (Lipinski definition) is 6. The molecule has 4 rings (SSSR count). The van der Waals surface area contributed by atoms with Gasteiger partial charge in [-0.15, -0.1) is 24.9 Å². The lowest BCUT2D eigenvalue weighted by atomic mass is 9.71. The molecule has 0 aromatic heterocycles. The predicted octanol–water partition coefficient (Wildman–Crippen LogP) is 5.26. The number of unbranched alkanes of at least 4 members (excludes halogenated alkanes) is 2. The minimum atomic E-state index is -0.822. The van der Waals surface area contributed by atoms with Gasteiger partial charge in [0.05, 0.1) is 35.8 Å². The Labute approximate surface area is 246 Å². The van der Waals surface area contributed by atoms with Crippen LogP contribution < -0.4 is 4.90 Å². The summed E-state index contributed by atoms with van der Waals surface area (Å²) in [5.74, 6) is -1.88. The molecule has 3 fully saturated rings. The SMILES string of the molecule is C=CCCCCOC(=O)[C@@H]1[C@@H]2CCC3(S2)C(C(=O)N(CC=C)c2ccc(Cl)cc2)N([C@@H](CO)CC(C)C)C(=O)[C@H]13. The quantitative estimate of drug-likeness (QED) is 0.181. The van der Waals surface area contributed by atoms with Gasteiger partial charge in [0.15, 0.2) is 0 Å². The van der Waals surface area contributed by atoms with Gasteiger partial charge in [0.2, 0.25) is 5.91 Å². The Morgan fingerprint density at radius 2 is 1.98 bits per heavy atom. The molecular weight excluding hydrogens is 548 g/mol. The number of aliphatic hydroxyl groups excluding tert-OH is 1. The highest BCUT2D eigenvalue weighted by molar-refractivity contribution is 8.02. The summed E-state index contributed by atoms with van der Waals surface area (Å²) in [6.07, 6.45) is 7.91. The molecule has 3 saturated heterocycles. The van der Waals surface area contributed by atoms with Crippen LogP contribution in [0.15, 0.2) is 49.6 Å². The smallest absolute Gasteiger partial charge is 0.310 e. The second-order valence-electron chi connectivity index (χ2n) is 11.4. The van der Waals surface area contributed by atoms with Gasteiger partial charge >= 0.3 is 5.97 Å². The Hall–Kier alpha value is -2.29. The number of halogens is 1. The fourth-order valence-electron chi connectivity index (χ4n) is 6.73. The number of anilines is 1. The monoisotopic (exact) mass is 588 g/mol. The van der Waals surface area contributed by atoms with Crippen LogP contribution >= 0.6 is 23.4 Å². The summed E-state index contributed by atoms with van der Waals surface area (Å²) in [5, 5.41) is 11.0. The fourth-order valence-corrected chi connectivity index (χ4v) is 9.05. The molecule has 3 heterocycles. The zero-order chi connectivity index (χ0) is 29.0. The Bertz CT molecular complexity index is 1110. The number of aliphatic hydroxyl groups is 1. The third-order valence-electron chi connectivity index (χ3n) is 8.35. The molecule has 6 atom stereocenters. The van der Waals surface area contributed by atoms with Crippen molar-refractivity contribution >= 4 is 46.8 Å². The number of esters is 1. The highest BCUT2D eigenvalue weighted by Gasteiger charge is 2.74. The molecule has 1 aromatic rings. The first kappa shape index (κ1) is 30.7. The van der Waals surface area contributed by atoms with Crippen molar-refractivity contribution in [1.82, 2.24) is 4.90 Å². The van der Waals surface area contributed by atoms with Crippen LogP contribution in [-0.4, -0.2) is 69.6 Å². The van der Waals surface area contributed by atoms with Gasteiger partial charge in [-0.25, -0.2) is 0 Å². The maximum atomic E-state index is 14.6. The second kappa shape index (κ2) is 13.1. The van der Waals surface area contributed by atoms with E-state index >= 15 is 0 Å². The number of carbonyl (C=O) groups is 3. The van der Waals surface area contributed by atoms with Crippen molar-refractivity contribution in [1.29, 1.82) is 0 Å². The molecule has 3 aliphatic rings. The lowest BCUT2D eigenvalue weighted by Gasteiger charge is -2.40. The van der Waals surface area contributed by atoms with Crippen LogP contribution in [0.3, 0.4) is 0 Å². The third kappa shape index (κ3) is 5.72. The molecule has 1 spiro atoms. The number of nitrogens with zero attached hydrogens (tertiary/aromatic N) is 2. The number of allylic oxidation sites excluding steroid dienone is 1. The largest absolute Gasteiger partial charge is 0.465 e. The van der Waals surface area contributed by atoms with Crippen molar-refractivity contribution in [2.24, 2.45) is 17.8 Å². The van der Waals surface area contributed by atoms with E-state index in [1.807, 2.05) is 19.9 Å². The van der Waals surface area contributed by atoms with Crippen LogP contribution in [0.5, 0.6) is 0 Å². The van der Waals surface area contributed by atoms with E-state index in [9.17, 15) is 19.5 Å². The number of likely N-dealkylation sites (tertiary alicyclic amines) is 1. The maximum absolute atomic E-state index is 14.6. The average Bonchev–Trinajstić information content (AvgIpc) is 3.57. The van der Waals surface area contributed by atoms with Crippen LogP contribution in [0.2, 0.25) is 5.02 Å². The van der Waals surface area contributed by atoms with Gasteiger partial charge < -0.3 is 19.6 Å². The van der Waals surface area contributed by atoms with E-state index in [1.54, 1.807) is 51.9 Å². The number of thioether (sulfide) groups is 1. The number of hydrogen-bond donors (Lipinski definition) is 1. The van der Waals surface area contributed by atoms with Gasteiger partial charge in [-0.05, 0) is 68.7 Å². The number of ether oxygens (including phenoxy) is 1. The molecular formula is C31H41ClN2O5S. The zero-order valence-electron chi connectivity index (χ0n) is 23.5. The molecule has 0 aliphatic carbocycles.